The van der Waals surface area contributed by atoms with Crippen molar-refractivity contribution < 1.29 is 9.59 Å². The van der Waals surface area contributed by atoms with Gasteiger partial charge in [0, 0.05) is 17.3 Å². The molecule has 2 aromatic rings. The minimum absolute atomic E-state index is 0.269. The van der Waals surface area contributed by atoms with Gasteiger partial charge >= 0.3 is 0 Å². The van der Waals surface area contributed by atoms with Crippen LogP contribution in [0.3, 0.4) is 0 Å². The maximum atomic E-state index is 12.3. The van der Waals surface area contributed by atoms with E-state index in [9.17, 15) is 9.59 Å². The second-order valence-corrected chi connectivity index (χ2v) is 6.79. The molecule has 1 aliphatic carbocycles. The lowest BCUT2D eigenvalue weighted by atomic mass is 9.96. The molecule has 2 amide bonds. The van der Waals surface area contributed by atoms with Crippen LogP contribution in [0.4, 0.5) is 5.00 Å². The van der Waals surface area contributed by atoms with E-state index >= 15 is 0 Å². The number of carbonyl (C=O) groups is 2. The number of anilines is 1. The van der Waals surface area contributed by atoms with Crippen molar-refractivity contribution in [2.24, 2.45) is 5.73 Å². The number of primary amides is 1. The van der Waals surface area contributed by atoms with Gasteiger partial charge in [-0.25, -0.2) is 0 Å². The molecule has 2 heterocycles. The average molecular weight is 329 g/mol. The van der Waals surface area contributed by atoms with Crippen molar-refractivity contribution in [3.63, 3.8) is 0 Å². The predicted molar refractivity (Wildman–Crippen MR) is 90.9 cm³/mol. The lowest BCUT2D eigenvalue weighted by Crippen LogP contribution is -2.18. The lowest BCUT2D eigenvalue weighted by molar-refractivity contribution is 0.100. The number of aromatic nitrogens is 1. The molecule has 3 N–H and O–H groups in total. The van der Waals surface area contributed by atoms with Crippen LogP contribution in [0.15, 0.2) is 24.5 Å². The minimum Gasteiger partial charge on any atom is -0.365 e. The maximum absolute atomic E-state index is 12.3. The number of amides is 2. The van der Waals surface area contributed by atoms with Gasteiger partial charge in [-0.2, -0.15) is 0 Å². The lowest BCUT2D eigenvalue weighted by Gasteiger charge is -2.10. The number of hydrogen-bond acceptors (Lipinski definition) is 4. The molecule has 0 bridgehead atoms. The molecule has 23 heavy (non-hydrogen) atoms. The molecule has 120 valence electrons. The molecule has 2 aromatic heterocycles. The summed E-state index contributed by atoms with van der Waals surface area (Å²) in [6, 6.07) is 3.40. The second kappa shape index (κ2) is 6.91. The highest BCUT2D eigenvalue weighted by molar-refractivity contribution is 7.17. The van der Waals surface area contributed by atoms with Crippen LogP contribution < -0.4 is 11.1 Å². The highest BCUT2D eigenvalue weighted by Gasteiger charge is 2.24. The molecule has 3 rings (SSSR count). The smallest absolute Gasteiger partial charge is 0.257 e. The number of carbonyl (C=O) groups excluding carboxylic acids is 2. The third-order valence-electron chi connectivity index (χ3n) is 4.07. The quantitative estimate of drug-likeness (QED) is 0.907. The predicted octanol–water partition coefficient (Wildman–Crippen LogP) is 3.15. The standard InChI is InChI=1S/C17H19N3O2S/c18-15(21)14-12-7-3-1-2-4-8-13(12)23-17(14)20-16(22)11-6-5-9-19-10-11/h5-6,9-10H,1-4,7-8H2,(H2,18,21)(H,20,22). The van der Waals surface area contributed by atoms with Crippen molar-refractivity contribution in [1.29, 1.82) is 0 Å². The Morgan fingerprint density at radius 2 is 1.96 bits per heavy atom. The Balaban J connectivity index is 1.93. The molecule has 5 nitrogen and oxygen atoms in total. The van der Waals surface area contributed by atoms with Crippen LogP contribution in [0.2, 0.25) is 0 Å². The molecule has 0 unspecified atom stereocenters. The Morgan fingerprint density at radius 1 is 1.17 bits per heavy atom. The summed E-state index contributed by atoms with van der Waals surface area (Å²) in [5, 5.41) is 3.41. The van der Waals surface area contributed by atoms with Gasteiger partial charge in [0.25, 0.3) is 11.8 Å². The van der Waals surface area contributed by atoms with Crippen molar-refractivity contribution in [3.8, 4) is 0 Å². The largest absolute Gasteiger partial charge is 0.365 e. The van der Waals surface area contributed by atoms with Gasteiger partial charge < -0.3 is 11.1 Å². The third kappa shape index (κ3) is 3.42. The van der Waals surface area contributed by atoms with Crippen LogP contribution in [0.25, 0.3) is 0 Å². The Hall–Kier alpha value is -2.21. The zero-order chi connectivity index (χ0) is 16.2. The van der Waals surface area contributed by atoms with Gasteiger partial charge in [-0.05, 0) is 43.4 Å². The van der Waals surface area contributed by atoms with E-state index < -0.39 is 5.91 Å². The number of rotatable bonds is 3. The second-order valence-electron chi connectivity index (χ2n) is 5.68. The van der Waals surface area contributed by atoms with Gasteiger partial charge in [-0.1, -0.05) is 12.8 Å². The fourth-order valence-corrected chi connectivity index (χ4v) is 4.23. The summed E-state index contributed by atoms with van der Waals surface area (Å²) in [6.45, 7) is 0. The van der Waals surface area contributed by atoms with Gasteiger partial charge in [0.05, 0.1) is 11.1 Å². The van der Waals surface area contributed by atoms with Crippen molar-refractivity contribution in [1.82, 2.24) is 4.98 Å². The summed E-state index contributed by atoms with van der Waals surface area (Å²) < 4.78 is 0. The first-order chi connectivity index (χ1) is 11.2. The molecule has 0 atom stereocenters. The zero-order valence-corrected chi connectivity index (χ0v) is 13.6. The van der Waals surface area contributed by atoms with E-state index in [1.54, 1.807) is 18.3 Å². The molecule has 0 saturated carbocycles. The van der Waals surface area contributed by atoms with Gasteiger partial charge in [-0.3, -0.25) is 14.6 Å². The highest BCUT2D eigenvalue weighted by atomic mass is 32.1. The molecule has 0 aromatic carbocycles. The Morgan fingerprint density at radius 3 is 2.65 bits per heavy atom. The molecule has 0 aliphatic heterocycles. The van der Waals surface area contributed by atoms with Crippen LogP contribution in [0.1, 0.15) is 56.8 Å². The number of nitrogens with two attached hydrogens (primary N) is 1. The highest BCUT2D eigenvalue weighted by Crippen LogP contribution is 2.37. The van der Waals surface area contributed by atoms with Gasteiger partial charge in [0.15, 0.2) is 0 Å². The van der Waals surface area contributed by atoms with E-state index in [4.69, 9.17) is 5.73 Å². The summed E-state index contributed by atoms with van der Waals surface area (Å²) >= 11 is 1.48. The van der Waals surface area contributed by atoms with Gasteiger partial charge in [-0.15, -0.1) is 11.3 Å². The summed E-state index contributed by atoms with van der Waals surface area (Å²) in [5.74, 6) is -0.737. The number of nitrogens with zero attached hydrogens (tertiary/aromatic N) is 1. The van der Waals surface area contributed by atoms with Crippen molar-refractivity contribution in [3.05, 3.63) is 46.1 Å². The van der Waals surface area contributed by atoms with E-state index in [0.29, 0.717) is 16.1 Å². The van der Waals surface area contributed by atoms with E-state index in [1.165, 1.54) is 35.3 Å². The fourth-order valence-electron chi connectivity index (χ4n) is 2.94. The number of hydrogen-bond donors (Lipinski definition) is 2. The van der Waals surface area contributed by atoms with E-state index in [-0.39, 0.29) is 5.91 Å². The third-order valence-corrected chi connectivity index (χ3v) is 5.28. The molecular formula is C17H19N3O2S. The summed E-state index contributed by atoms with van der Waals surface area (Å²) in [4.78, 5) is 29.4. The SMILES string of the molecule is NC(=O)c1c(NC(=O)c2cccnc2)sc2c1CCCCCC2. The Bertz CT molecular complexity index is 725. The Kier molecular flexibility index (Phi) is 4.71. The summed E-state index contributed by atoms with van der Waals surface area (Å²) in [6.07, 6.45) is 9.47. The number of pyridine rings is 1. The van der Waals surface area contributed by atoms with E-state index in [0.717, 1.165) is 31.2 Å². The van der Waals surface area contributed by atoms with Gasteiger partial charge in [0.1, 0.15) is 5.00 Å². The van der Waals surface area contributed by atoms with Crippen LogP contribution in [0, 0.1) is 0 Å². The summed E-state index contributed by atoms with van der Waals surface area (Å²) in [7, 11) is 0. The van der Waals surface area contributed by atoms with E-state index in [2.05, 4.69) is 10.3 Å². The van der Waals surface area contributed by atoms with Crippen LogP contribution >= 0.6 is 11.3 Å². The van der Waals surface area contributed by atoms with Gasteiger partial charge in [0.2, 0.25) is 0 Å². The number of thiophene rings is 1. The molecule has 0 saturated heterocycles. The van der Waals surface area contributed by atoms with Crippen molar-refractivity contribution in [2.45, 2.75) is 38.5 Å². The molecule has 0 radical (unpaired) electrons. The molecule has 0 fully saturated rings. The average Bonchev–Trinajstić information content (AvgIpc) is 2.85. The molecular weight excluding hydrogens is 310 g/mol. The topological polar surface area (TPSA) is 85.1 Å². The number of fused-ring (bicyclic) bond motifs is 1. The van der Waals surface area contributed by atoms with Crippen LogP contribution in [-0.2, 0) is 12.8 Å². The van der Waals surface area contributed by atoms with E-state index in [1.807, 2.05) is 0 Å². The first-order valence-corrected chi connectivity index (χ1v) is 8.64. The Labute approximate surface area is 138 Å². The normalized spacial score (nSPS) is 14.4. The maximum Gasteiger partial charge on any atom is 0.257 e. The fraction of sp³-hybridized carbons (Fsp3) is 0.353. The van der Waals surface area contributed by atoms with Crippen molar-refractivity contribution >= 4 is 28.2 Å². The molecule has 1 aliphatic rings. The van der Waals surface area contributed by atoms with Crippen LogP contribution in [-0.4, -0.2) is 16.8 Å². The molecule has 6 heteroatoms. The van der Waals surface area contributed by atoms with Crippen LogP contribution in [0.5, 0.6) is 0 Å². The monoisotopic (exact) mass is 329 g/mol. The first-order valence-electron chi connectivity index (χ1n) is 7.82. The van der Waals surface area contributed by atoms with Crippen molar-refractivity contribution in [2.75, 3.05) is 5.32 Å². The first kappa shape index (κ1) is 15.7. The summed E-state index contributed by atoms with van der Waals surface area (Å²) in [5.41, 5.74) is 7.57. The number of aryl methyl sites for hydroxylation is 1. The number of nitrogens with one attached hydrogen (secondary N) is 1. The minimum atomic E-state index is -0.468. The zero-order valence-electron chi connectivity index (χ0n) is 12.8. The molecule has 0 spiro atoms.